The molecule has 0 saturated carbocycles. The van der Waals surface area contributed by atoms with E-state index in [4.69, 9.17) is 10.7 Å². The van der Waals surface area contributed by atoms with Crippen LogP contribution in [0.4, 0.5) is 0 Å². The maximum absolute atomic E-state index is 13.5. The Kier molecular flexibility index (Phi) is 12.2. The molecule has 190 valence electrons. The molecule has 0 aromatic heterocycles. The van der Waals surface area contributed by atoms with Gasteiger partial charge in [0.2, 0.25) is 11.8 Å². The predicted octanol–water partition coefficient (Wildman–Crippen LogP) is 5.56. The second kappa shape index (κ2) is 15.1. The number of carbonyl (C=O) groups excluding carboxylic acids is 2. The molecule has 0 heterocycles. The number of carbonyl (C=O) groups is 2. The van der Waals surface area contributed by atoms with Crippen LogP contribution in [0.2, 0.25) is 0 Å². The molecule has 35 heavy (non-hydrogen) atoms. The quantitative estimate of drug-likeness (QED) is 0.177. The number of benzene rings is 2. The fraction of sp³-hybridized carbons (Fsp3) is 0.448. The van der Waals surface area contributed by atoms with Crippen molar-refractivity contribution in [1.29, 1.82) is 0 Å². The summed E-state index contributed by atoms with van der Waals surface area (Å²) in [5.74, 6) is 4.52. The smallest absolute Gasteiger partial charge is 0.247 e. The lowest BCUT2D eigenvalue weighted by molar-refractivity contribution is -0.144. The summed E-state index contributed by atoms with van der Waals surface area (Å²) in [6.45, 7) is 6.56. The van der Waals surface area contributed by atoms with E-state index in [1.807, 2.05) is 72.8 Å². The molecule has 0 aliphatic carbocycles. The van der Waals surface area contributed by atoms with Crippen LogP contribution in [0, 0.1) is 17.3 Å². The van der Waals surface area contributed by atoms with Crippen LogP contribution in [0.5, 0.6) is 0 Å². The van der Waals surface area contributed by atoms with Gasteiger partial charge >= 0.3 is 0 Å². The Morgan fingerprint density at radius 1 is 1.00 bits per heavy atom. The van der Waals surface area contributed by atoms with E-state index in [0.717, 1.165) is 36.8 Å². The minimum atomic E-state index is -0.414. The third-order valence-electron chi connectivity index (χ3n) is 6.58. The van der Waals surface area contributed by atoms with Gasteiger partial charge in [0.15, 0.2) is 0 Å². The monoisotopic (exact) mass is 479 g/mol. The molecule has 0 aliphatic rings. The number of allylic oxidation sites excluding steroid dienone is 1. The van der Waals surface area contributed by atoms with Gasteiger partial charge < -0.3 is 0 Å². The number of hydrogen-bond donors (Lipinski definition) is 3. The van der Waals surface area contributed by atoms with Crippen molar-refractivity contribution >= 4 is 17.9 Å². The number of amides is 2. The van der Waals surface area contributed by atoms with Crippen LogP contribution in [0.1, 0.15) is 70.4 Å². The standard InChI is InChI=1S/C29H41N3O3/c1-4-13-25(27(33)31-30)21-29(3,20-5-2)26(19-12-18-23-14-8-6-9-15-23)28(34)32-35-22-24-16-10-7-11-17-24/h6-12,14-18,25-26H,4-5,13,19-22,30H2,1-3H3,(H,31,33)(H,32,34)/b18-12+/t25?,26-,29+/m1/s1. The largest absolute Gasteiger partial charge is 0.294 e. The lowest BCUT2D eigenvalue weighted by atomic mass is 9.66. The van der Waals surface area contributed by atoms with E-state index < -0.39 is 5.41 Å². The van der Waals surface area contributed by atoms with Gasteiger partial charge in [0, 0.05) is 11.8 Å². The van der Waals surface area contributed by atoms with Crippen molar-refractivity contribution in [3.8, 4) is 0 Å². The second-order valence-electron chi connectivity index (χ2n) is 9.44. The first-order valence-corrected chi connectivity index (χ1v) is 12.6. The highest BCUT2D eigenvalue weighted by Crippen LogP contribution is 2.42. The van der Waals surface area contributed by atoms with E-state index in [9.17, 15) is 9.59 Å². The average Bonchev–Trinajstić information content (AvgIpc) is 2.87. The van der Waals surface area contributed by atoms with Crippen molar-refractivity contribution in [2.75, 3.05) is 0 Å². The molecule has 6 nitrogen and oxygen atoms in total. The molecule has 0 saturated heterocycles. The first-order valence-electron chi connectivity index (χ1n) is 12.6. The predicted molar refractivity (Wildman–Crippen MR) is 141 cm³/mol. The zero-order chi connectivity index (χ0) is 25.5. The highest BCUT2D eigenvalue weighted by atomic mass is 16.6. The normalized spacial score (nSPS) is 14.7. The Balaban J connectivity index is 2.24. The van der Waals surface area contributed by atoms with E-state index in [1.165, 1.54) is 0 Å². The summed E-state index contributed by atoms with van der Waals surface area (Å²) in [5.41, 5.74) is 6.66. The van der Waals surface area contributed by atoms with Crippen LogP contribution in [0.25, 0.3) is 6.08 Å². The first-order chi connectivity index (χ1) is 16.9. The molecule has 0 radical (unpaired) electrons. The maximum atomic E-state index is 13.5. The van der Waals surface area contributed by atoms with Gasteiger partial charge in [-0.05, 0) is 42.2 Å². The molecule has 3 atom stereocenters. The molecular weight excluding hydrogens is 438 g/mol. The van der Waals surface area contributed by atoms with Gasteiger partial charge in [0.1, 0.15) is 0 Å². The molecule has 2 aromatic rings. The van der Waals surface area contributed by atoms with Gasteiger partial charge in [-0.1, -0.05) is 106 Å². The van der Waals surface area contributed by atoms with Gasteiger partial charge in [-0.25, -0.2) is 11.3 Å². The van der Waals surface area contributed by atoms with E-state index in [-0.39, 0.29) is 30.3 Å². The van der Waals surface area contributed by atoms with Crippen molar-refractivity contribution in [2.24, 2.45) is 23.1 Å². The molecule has 2 rings (SSSR count). The SMILES string of the molecule is CCCC(C[C@](C)(CCC)[C@H](C/C=C/c1ccccc1)C(=O)NOCc1ccccc1)C(=O)NN. The lowest BCUT2D eigenvalue weighted by Crippen LogP contribution is -2.44. The number of hydroxylamine groups is 1. The zero-order valence-electron chi connectivity index (χ0n) is 21.3. The van der Waals surface area contributed by atoms with Crippen molar-refractivity contribution < 1.29 is 14.4 Å². The first kappa shape index (κ1) is 28.3. The van der Waals surface area contributed by atoms with Gasteiger partial charge in [0.05, 0.1) is 6.61 Å². The Morgan fingerprint density at radius 2 is 1.66 bits per heavy atom. The van der Waals surface area contributed by atoms with Crippen LogP contribution < -0.4 is 16.7 Å². The van der Waals surface area contributed by atoms with Crippen LogP contribution in [-0.2, 0) is 21.0 Å². The Hall–Kier alpha value is -2.96. The fourth-order valence-corrected chi connectivity index (χ4v) is 4.79. The molecular formula is C29H41N3O3. The molecule has 4 N–H and O–H groups in total. The molecule has 0 aliphatic heterocycles. The lowest BCUT2D eigenvalue weighted by Gasteiger charge is -2.38. The number of hydrogen-bond acceptors (Lipinski definition) is 4. The van der Waals surface area contributed by atoms with E-state index >= 15 is 0 Å². The van der Waals surface area contributed by atoms with E-state index in [1.54, 1.807) is 0 Å². The summed E-state index contributed by atoms with van der Waals surface area (Å²) in [4.78, 5) is 31.6. The van der Waals surface area contributed by atoms with Crippen LogP contribution in [-0.4, -0.2) is 11.8 Å². The van der Waals surface area contributed by atoms with Crippen LogP contribution in [0.15, 0.2) is 66.7 Å². The van der Waals surface area contributed by atoms with Gasteiger partial charge in [-0.2, -0.15) is 0 Å². The van der Waals surface area contributed by atoms with Crippen molar-refractivity contribution in [3.05, 3.63) is 77.9 Å². The van der Waals surface area contributed by atoms with Crippen molar-refractivity contribution in [3.63, 3.8) is 0 Å². The number of nitrogens with two attached hydrogens (primary N) is 1. The van der Waals surface area contributed by atoms with Crippen molar-refractivity contribution in [2.45, 2.75) is 65.9 Å². The van der Waals surface area contributed by atoms with Crippen LogP contribution >= 0.6 is 0 Å². The summed E-state index contributed by atoms with van der Waals surface area (Å²) in [6, 6.07) is 19.7. The summed E-state index contributed by atoms with van der Waals surface area (Å²) < 4.78 is 0. The van der Waals surface area contributed by atoms with Crippen LogP contribution in [0.3, 0.4) is 0 Å². The molecule has 0 bridgehead atoms. The topological polar surface area (TPSA) is 93.4 Å². The average molecular weight is 480 g/mol. The van der Waals surface area contributed by atoms with Gasteiger partial charge in [-0.15, -0.1) is 0 Å². The van der Waals surface area contributed by atoms with E-state index in [0.29, 0.717) is 12.8 Å². The Bertz CT molecular complexity index is 917. The minimum Gasteiger partial charge on any atom is -0.294 e. The Morgan fingerprint density at radius 3 is 2.26 bits per heavy atom. The molecule has 2 amide bonds. The third kappa shape index (κ3) is 9.30. The summed E-state index contributed by atoms with van der Waals surface area (Å²) in [7, 11) is 0. The summed E-state index contributed by atoms with van der Waals surface area (Å²) in [6.07, 6.45) is 8.49. The fourth-order valence-electron chi connectivity index (χ4n) is 4.79. The van der Waals surface area contributed by atoms with Gasteiger partial charge in [0.25, 0.3) is 0 Å². The number of hydrazine groups is 1. The second-order valence-corrected chi connectivity index (χ2v) is 9.44. The number of nitrogens with one attached hydrogen (secondary N) is 2. The molecule has 1 unspecified atom stereocenters. The molecule has 2 aromatic carbocycles. The number of rotatable bonds is 15. The molecule has 0 spiro atoms. The highest BCUT2D eigenvalue weighted by molar-refractivity contribution is 5.80. The maximum Gasteiger partial charge on any atom is 0.247 e. The summed E-state index contributed by atoms with van der Waals surface area (Å²) in [5, 5.41) is 0. The molecule has 0 fully saturated rings. The van der Waals surface area contributed by atoms with Crippen molar-refractivity contribution in [1.82, 2.24) is 10.9 Å². The minimum absolute atomic E-state index is 0.169. The zero-order valence-corrected chi connectivity index (χ0v) is 21.3. The van der Waals surface area contributed by atoms with E-state index in [2.05, 4.69) is 31.7 Å². The van der Waals surface area contributed by atoms with Gasteiger partial charge in [-0.3, -0.25) is 19.9 Å². The Labute approximate surface area is 210 Å². The third-order valence-corrected chi connectivity index (χ3v) is 6.58. The highest BCUT2D eigenvalue weighted by Gasteiger charge is 2.40. The molecule has 6 heteroatoms. The summed E-state index contributed by atoms with van der Waals surface area (Å²) >= 11 is 0.